The molecule has 1 saturated heterocycles. The highest BCUT2D eigenvalue weighted by Crippen LogP contribution is 2.17. The maximum Gasteiger partial charge on any atom is 0.268 e. The summed E-state index contributed by atoms with van der Waals surface area (Å²) in [5.41, 5.74) is 1.11. The van der Waals surface area contributed by atoms with Gasteiger partial charge in [-0.15, -0.1) is 5.10 Å². The smallest absolute Gasteiger partial charge is 0.268 e. The van der Waals surface area contributed by atoms with Crippen LogP contribution in [0.5, 0.6) is 0 Å². The van der Waals surface area contributed by atoms with Gasteiger partial charge in [0, 0.05) is 24.3 Å². The number of aryl methyl sites for hydroxylation is 2. The second-order valence-corrected chi connectivity index (χ2v) is 5.54. The lowest BCUT2D eigenvalue weighted by Crippen LogP contribution is -2.36. The molecule has 7 heteroatoms. The molecule has 21 heavy (non-hydrogen) atoms. The van der Waals surface area contributed by atoms with Crippen molar-refractivity contribution < 1.29 is 4.74 Å². The molecule has 0 unspecified atom stereocenters. The van der Waals surface area contributed by atoms with E-state index in [4.69, 9.17) is 4.74 Å². The van der Waals surface area contributed by atoms with Crippen LogP contribution in [-0.2, 0) is 4.74 Å². The van der Waals surface area contributed by atoms with Gasteiger partial charge in [-0.3, -0.25) is 4.79 Å². The van der Waals surface area contributed by atoms with Gasteiger partial charge in [-0.25, -0.2) is 10.1 Å². The SMILES string of the molecule is CC.Cc1nc(C)c(C)c(=O)[nH]nc(N2CCOCC2)s1. The summed E-state index contributed by atoms with van der Waals surface area (Å²) in [7, 11) is 0. The van der Waals surface area contributed by atoms with E-state index in [0.29, 0.717) is 18.8 Å². The molecule has 0 amide bonds. The standard InChI is InChI=1S/C12H18N4O2S.C2H6/c1-8-9(2)13-10(3)19-12(15-14-11(8)17)16-4-6-18-7-5-16;1-2/h4-7H2,1-3H3,(H,14,17);1-2H3. The normalized spacial score (nSPS) is 14.0. The van der Waals surface area contributed by atoms with E-state index in [-0.39, 0.29) is 5.56 Å². The molecular formula is C14H24N4O2S. The van der Waals surface area contributed by atoms with E-state index >= 15 is 0 Å². The Morgan fingerprint density at radius 3 is 2.43 bits per heavy atom. The Kier molecular flexibility index (Phi) is 7.31. The molecule has 1 aliphatic rings. The third-order valence-electron chi connectivity index (χ3n) is 2.98. The van der Waals surface area contributed by atoms with Gasteiger partial charge in [0.15, 0.2) is 0 Å². The molecule has 0 aliphatic carbocycles. The number of hydrogen-bond donors (Lipinski definition) is 1. The lowest BCUT2D eigenvalue weighted by atomic mass is 10.3. The van der Waals surface area contributed by atoms with Gasteiger partial charge < -0.3 is 9.64 Å². The van der Waals surface area contributed by atoms with E-state index < -0.39 is 0 Å². The average molecular weight is 312 g/mol. The van der Waals surface area contributed by atoms with Crippen molar-refractivity contribution in [2.24, 2.45) is 0 Å². The van der Waals surface area contributed by atoms with Gasteiger partial charge in [0.2, 0.25) is 5.13 Å². The molecule has 2 heterocycles. The first-order valence-corrected chi connectivity index (χ1v) is 8.01. The molecule has 1 aromatic heterocycles. The van der Waals surface area contributed by atoms with E-state index in [9.17, 15) is 4.79 Å². The first-order chi connectivity index (χ1) is 10.1. The van der Waals surface area contributed by atoms with Crippen LogP contribution < -0.4 is 10.5 Å². The predicted octanol–water partition coefficient (Wildman–Crippen LogP) is 2.14. The number of hydrogen-bond acceptors (Lipinski definition) is 6. The molecule has 1 N–H and O–H groups in total. The van der Waals surface area contributed by atoms with Gasteiger partial charge in [0.1, 0.15) is 0 Å². The number of ether oxygens (including phenoxy) is 1. The molecule has 118 valence electrons. The number of morpholine rings is 1. The molecule has 0 atom stereocenters. The zero-order valence-electron chi connectivity index (χ0n) is 13.4. The molecule has 6 nitrogen and oxygen atoms in total. The predicted molar refractivity (Wildman–Crippen MR) is 86.7 cm³/mol. The monoisotopic (exact) mass is 312 g/mol. The summed E-state index contributed by atoms with van der Waals surface area (Å²) >= 11 is 1.47. The summed E-state index contributed by atoms with van der Waals surface area (Å²) in [4.78, 5) is 18.4. The average Bonchev–Trinajstić information content (AvgIpc) is 2.56. The van der Waals surface area contributed by atoms with Crippen LogP contribution >= 0.6 is 11.3 Å². The van der Waals surface area contributed by atoms with Crippen LogP contribution in [-0.4, -0.2) is 41.5 Å². The second-order valence-electron chi connectivity index (χ2n) is 4.38. The maximum absolute atomic E-state index is 11.9. The summed E-state index contributed by atoms with van der Waals surface area (Å²) in [5.74, 6) is 0. The van der Waals surface area contributed by atoms with Crippen molar-refractivity contribution in [1.29, 1.82) is 0 Å². The molecule has 0 spiro atoms. The van der Waals surface area contributed by atoms with Crippen LogP contribution in [0.2, 0.25) is 0 Å². The molecular weight excluding hydrogens is 288 g/mol. The number of nitrogens with zero attached hydrogens (tertiary/aromatic N) is 3. The van der Waals surface area contributed by atoms with Gasteiger partial charge in [-0.2, -0.15) is 0 Å². The quantitative estimate of drug-likeness (QED) is 0.860. The van der Waals surface area contributed by atoms with Crippen molar-refractivity contribution in [2.75, 3.05) is 31.2 Å². The van der Waals surface area contributed by atoms with Crippen LogP contribution in [0, 0.1) is 20.8 Å². The number of anilines is 1. The summed E-state index contributed by atoms with van der Waals surface area (Å²) < 4.78 is 5.32. The highest BCUT2D eigenvalue weighted by Gasteiger charge is 2.13. The molecule has 0 radical (unpaired) electrons. The first kappa shape index (κ1) is 17.6. The zero-order valence-corrected chi connectivity index (χ0v) is 14.2. The molecule has 1 aromatic rings. The van der Waals surface area contributed by atoms with Crippen molar-refractivity contribution in [3.8, 4) is 0 Å². The summed E-state index contributed by atoms with van der Waals surface area (Å²) in [6, 6.07) is 0. The van der Waals surface area contributed by atoms with Crippen LogP contribution in [0.15, 0.2) is 4.79 Å². The lowest BCUT2D eigenvalue weighted by molar-refractivity contribution is 0.122. The Bertz CT molecular complexity index is 561. The van der Waals surface area contributed by atoms with Gasteiger partial charge in [0.05, 0.1) is 18.2 Å². The summed E-state index contributed by atoms with van der Waals surface area (Å²) in [5, 5.41) is 8.44. The topological polar surface area (TPSA) is 71.1 Å². The van der Waals surface area contributed by atoms with E-state index in [1.54, 1.807) is 6.92 Å². The van der Waals surface area contributed by atoms with E-state index in [1.165, 1.54) is 11.3 Å². The second kappa shape index (κ2) is 8.74. The number of H-pyrrole nitrogens is 1. The van der Waals surface area contributed by atoms with Crippen molar-refractivity contribution >= 4 is 16.5 Å². The Morgan fingerprint density at radius 1 is 1.19 bits per heavy atom. The first-order valence-electron chi connectivity index (χ1n) is 7.19. The maximum atomic E-state index is 11.9. The number of aromatic nitrogens is 3. The fraction of sp³-hybridized carbons (Fsp3) is 0.643. The van der Waals surface area contributed by atoms with Gasteiger partial charge >= 0.3 is 0 Å². The largest absolute Gasteiger partial charge is 0.378 e. The summed E-state index contributed by atoms with van der Waals surface area (Å²) in [6.45, 7) is 12.4. The van der Waals surface area contributed by atoms with E-state index in [2.05, 4.69) is 20.1 Å². The van der Waals surface area contributed by atoms with Crippen molar-refractivity contribution in [3.05, 3.63) is 26.6 Å². The van der Waals surface area contributed by atoms with Crippen molar-refractivity contribution in [1.82, 2.24) is 15.2 Å². The van der Waals surface area contributed by atoms with Gasteiger partial charge in [-0.05, 0) is 20.8 Å². The Labute approximate surface area is 129 Å². The van der Waals surface area contributed by atoms with Gasteiger partial charge in [0.25, 0.3) is 5.56 Å². The Morgan fingerprint density at radius 2 is 1.81 bits per heavy atom. The van der Waals surface area contributed by atoms with E-state index in [1.807, 2.05) is 27.7 Å². The molecule has 1 fully saturated rings. The van der Waals surface area contributed by atoms with Gasteiger partial charge in [-0.1, -0.05) is 25.2 Å². The molecule has 1 aliphatic heterocycles. The number of aromatic amines is 1. The fourth-order valence-electron chi connectivity index (χ4n) is 1.73. The van der Waals surface area contributed by atoms with Crippen molar-refractivity contribution in [2.45, 2.75) is 34.6 Å². The Balaban J connectivity index is 0.00000106. The molecule has 2 rings (SSSR count). The minimum absolute atomic E-state index is 0.206. The lowest BCUT2D eigenvalue weighted by Gasteiger charge is -2.26. The van der Waals surface area contributed by atoms with Crippen LogP contribution in [0.4, 0.5) is 5.13 Å². The number of nitrogens with one attached hydrogen (secondary N) is 1. The van der Waals surface area contributed by atoms with E-state index in [0.717, 1.165) is 28.9 Å². The Hall–Kier alpha value is -1.47. The third-order valence-corrected chi connectivity index (χ3v) is 3.90. The molecule has 0 saturated carbocycles. The minimum Gasteiger partial charge on any atom is -0.378 e. The highest BCUT2D eigenvalue weighted by molar-refractivity contribution is 7.14. The fourth-order valence-corrected chi connectivity index (χ4v) is 2.58. The van der Waals surface area contributed by atoms with Crippen molar-refractivity contribution in [3.63, 3.8) is 0 Å². The zero-order chi connectivity index (χ0) is 15.8. The van der Waals surface area contributed by atoms with Crippen LogP contribution in [0.25, 0.3) is 0 Å². The highest BCUT2D eigenvalue weighted by atomic mass is 32.1. The molecule has 0 bridgehead atoms. The van der Waals surface area contributed by atoms with Crippen LogP contribution in [0.3, 0.4) is 0 Å². The molecule has 0 aromatic carbocycles. The summed E-state index contributed by atoms with van der Waals surface area (Å²) in [6.07, 6.45) is 0. The third kappa shape index (κ3) is 5.09. The number of rotatable bonds is 1. The van der Waals surface area contributed by atoms with Crippen LogP contribution in [0.1, 0.15) is 30.1 Å². The minimum atomic E-state index is -0.206.